The van der Waals surface area contributed by atoms with Gasteiger partial charge in [-0.2, -0.15) is 0 Å². The van der Waals surface area contributed by atoms with Gasteiger partial charge in [0.2, 0.25) is 0 Å². The van der Waals surface area contributed by atoms with E-state index in [1.165, 1.54) is 6.42 Å². The highest BCUT2D eigenvalue weighted by molar-refractivity contribution is 6.31. The SMILES string of the molecule is CC1CCCC(Nc2cc(F)c(Cl)cc2[N+](=O)[O-])CC1. The molecule has 20 heavy (non-hydrogen) atoms. The Bertz CT molecular complexity index is 510. The van der Waals surface area contributed by atoms with Crippen LogP contribution in [0.5, 0.6) is 0 Å². The number of nitrogens with one attached hydrogen (secondary N) is 1. The van der Waals surface area contributed by atoms with Crippen molar-refractivity contribution in [2.24, 2.45) is 5.92 Å². The standard InChI is InChI=1S/C14H18ClFN2O2/c1-9-3-2-4-10(6-5-9)17-13-8-12(16)11(15)7-14(13)18(19)20/h7-10,17H,2-6H2,1H3. The number of hydrogen-bond donors (Lipinski definition) is 1. The average molecular weight is 301 g/mol. The maximum atomic E-state index is 13.5. The molecule has 2 atom stereocenters. The highest BCUT2D eigenvalue weighted by Gasteiger charge is 2.22. The van der Waals surface area contributed by atoms with E-state index in [9.17, 15) is 14.5 Å². The molecule has 1 aliphatic carbocycles. The largest absolute Gasteiger partial charge is 0.377 e. The van der Waals surface area contributed by atoms with E-state index in [1.807, 2.05) is 0 Å². The minimum absolute atomic E-state index is 0.152. The van der Waals surface area contributed by atoms with Crippen LogP contribution in [0.1, 0.15) is 39.0 Å². The van der Waals surface area contributed by atoms with Crippen molar-refractivity contribution >= 4 is 23.0 Å². The minimum Gasteiger partial charge on any atom is -0.377 e. The molecule has 0 aromatic heterocycles. The Hall–Kier alpha value is -1.36. The van der Waals surface area contributed by atoms with Gasteiger partial charge in [0.25, 0.3) is 5.69 Å². The molecule has 1 aliphatic rings. The molecule has 4 nitrogen and oxygen atoms in total. The highest BCUT2D eigenvalue weighted by atomic mass is 35.5. The molecule has 2 unspecified atom stereocenters. The molecule has 110 valence electrons. The first-order valence-corrected chi connectivity index (χ1v) is 7.25. The molecule has 1 saturated carbocycles. The van der Waals surface area contributed by atoms with Gasteiger partial charge in [0, 0.05) is 18.2 Å². The van der Waals surface area contributed by atoms with Crippen molar-refractivity contribution in [1.82, 2.24) is 0 Å². The quantitative estimate of drug-likeness (QED) is 0.497. The van der Waals surface area contributed by atoms with Gasteiger partial charge in [0.1, 0.15) is 11.5 Å². The molecule has 0 bridgehead atoms. The van der Waals surface area contributed by atoms with E-state index in [-0.39, 0.29) is 22.4 Å². The topological polar surface area (TPSA) is 55.2 Å². The van der Waals surface area contributed by atoms with Gasteiger partial charge in [-0.15, -0.1) is 0 Å². The van der Waals surface area contributed by atoms with Crippen LogP contribution >= 0.6 is 11.6 Å². The number of rotatable bonds is 3. The Balaban J connectivity index is 2.19. The maximum absolute atomic E-state index is 13.5. The van der Waals surface area contributed by atoms with Crippen LogP contribution in [0.15, 0.2) is 12.1 Å². The summed E-state index contributed by atoms with van der Waals surface area (Å²) in [5, 5.41) is 13.9. The number of hydrogen-bond acceptors (Lipinski definition) is 3. The summed E-state index contributed by atoms with van der Waals surface area (Å²) in [6.45, 7) is 2.22. The molecule has 2 rings (SSSR count). The van der Waals surface area contributed by atoms with Crippen LogP contribution in [0.2, 0.25) is 5.02 Å². The number of halogens is 2. The molecule has 0 spiro atoms. The zero-order valence-electron chi connectivity index (χ0n) is 11.4. The first-order valence-electron chi connectivity index (χ1n) is 6.87. The fraction of sp³-hybridized carbons (Fsp3) is 0.571. The predicted molar refractivity (Wildman–Crippen MR) is 77.7 cm³/mol. The van der Waals surface area contributed by atoms with Crippen LogP contribution < -0.4 is 5.32 Å². The van der Waals surface area contributed by atoms with Crippen molar-refractivity contribution in [2.45, 2.75) is 45.1 Å². The number of benzene rings is 1. The lowest BCUT2D eigenvalue weighted by Gasteiger charge is -2.18. The fourth-order valence-corrected chi connectivity index (χ4v) is 2.81. The van der Waals surface area contributed by atoms with Crippen molar-refractivity contribution in [1.29, 1.82) is 0 Å². The fourth-order valence-electron chi connectivity index (χ4n) is 2.65. The summed E-state index contributed by atoms with van der Waals surface area (Å²) in [6, 6.07) is 2.34. The van der Waals surface area contributed by atoms with Gasteiger partial charge in [-0.3, -0.25) is 10.1 Å². The summed E-state index contributed by atoms with van der Waals surface area (Å²) in [7, 11) is 0. The zero-order chi connectivity index (χ0) is 14.7. The molecule has 1 aromatic carbocycles. The lowest BCUT2D eigenvalue weighted by molar-refractivity contribution is -0.384. The summed E-state index contributed by atoms with van der Waals surface area (Å²) < 4.78 is 13.5. The molecular formula is C14H18ClFN2O2. The molecule has 0 saturated heterocycles. The van der Waals surface area contributed by atoms with Crippen molar-refractivity contribution in [3.8, 4) is 0 Å². The normalized spacial score (nSPS) is 23.1. The van der Waals surface area contributed by atoms with Gasteiger partial charge in [-0.05, 0) is 25.2 Å². The summed E-state index contributed by atoms with van der Waals surface area (Å²) in [4.78, 5) is 10.5. The zero-order valence-corrected chi connectivity index (χ0v) is 12.1. The van der Waals surface area contributed by atoms with Crippen LogP contribution in [0.25, 0.3) is 0 Å². The second kappa shape index (κ2) is 6.39. The molecule has 0 radical (unpaired) electrons. The molecular weight excluding hydrogens is 283 g/mol. The first-order chi connectivity index (χ1) is 9.47. The van der Waals surface area contributed by atoms with E-state index >= 15 is 0 Å². The lowest BCUT2D eigenvalue weighted by Crippen LogP contribution is -2.19. The third-order valence-electron chi connectivity index (χ3n) is 3.85. The number of nitro groups is 1. The predicted octanol–water partition coefficient (Wildman–Crippen LogP) is 4.77. The van der Waals surface area contributed by atoms with E-state index < -0.39 is 10.7 Å². The van der Waals surface area contributed by atoms with E-state index in [1.54, 1.807) is 0 Å². The lowest BCUT2D eigenvalue weighted by atomic mass is 10.0. The van der Waals surface area contributed by atoms with Gasteiger partial charge in [0.05, 0.1) is 9.95 Å². The average Bonchev–Trinajstić information content (AvgIpc) is 2.58. The Morgan fingerprint density at radius 2 is 2.10 bits per heavy atom. The minimum atomic E-state index is -0.637. The smallest absolute Gasteiger partial charge is 0.294 e. The van der Waals surface area contributed by atoms with Crippen LogP contribution in [0.3, 0.4) is 0 Å². The van der Waals surface area contributed by atoms with Crippen molar-refractivity contribution in [2.75, 3.05) is 5.32 Å². The van der Waals surface area contributed by atoms with Crippen LogP contribution in [0, 0.1) is 21.8 Å². The Labute approximate surface area is 122 Å². The van der Waals surface area contributed by atoms with Gasteiger partial charge in [0.15, 0.2) is 0 Å². The number of anilines is 1. The van der Waals surface area contributed by atoms with E-state index in [0.29, 0.717) is 5.92 Å². The second-order valence-electron chi connectivity index (χ2n) is 5.50. The van der Waals surface area contributed by atoms with Gasteiger partial charge < -0.3 is 5.32 Å². The van der Waals surface area contributed by atoms with Crippen molar-refractivity contribution in [3.63, 3.8) is 0 Å². The van der Waals surface area contributed by atoms with Gasteiger partial charge in [-0.1, -0.05) is 31.4 Å². The summed E-state index contributed by atoms with van der Waals surface area (Å²) in [6.07, 6.45) is 5.24. The monoisotopic (exact) mass is 300 g/mol. The third-order valence-corrected chi connectivity index (χ3v) is 4.14. The van der Waals surface area contributed by atoms with Crippen LogP contribution in [-0.4, -0.2) is 11.0 Å². The maximum Gasteiger partial charge on any atom is 0.294 e. The molecule has 6 heteroatoms. The van der Waals surface area contributed by atoms with Crippen LogP contribution in [-0.2, 0) is 0 Å². The van der Waals surface area contributed by atoms with Crippen LogP contribution in [0.4, 0.5) is 15.8 Å². The summed E-state index contributed by atoms with van der Waals surface area (Å²) in [5.41, 5.74) is 0.0464. The summed E-state index contributed by atoms with van der Waals surface area (Å²) in [5.74, 6) is 0.0421. The summed E-state index contributed by atoms with van der Waals surface area (Å²) >= 11 is 5.61. The molecule has 1 fully saturated rings. The third kappa shape index (κ3) is 3.60. The highest BCUT2D eigenvalue weighted by Crippen LogP contribution is 2.33. The molecule has 1 aromatic rings. The van der Waals surface area contributed by atoms with E-state index in [2.05, 4.69) is 12.2 Å². The molecule has 0 amide bonds. The van der Waals surface area contributed by atoms with Gasteiger partial charge in [-0.25, -0.2) is 4.39 Å². The Morgan fingerprint density at radius 3 is 2.80 bits per heavy atom. The van der Waals surface area contributed by atoms with Crippen molar-refractivity contribution in [3.05, 3.63) is 33.1 Å². The molecule has 0 heterocycles. The Morgan fingerprint density at radius 1 is 1.35 bits per heavy atom. The molecule has 1 N–H and O–H groups in total. The van der Waals surface area contributed by atoms with Crippen molar-refractivity contribution < 1.29 is 9.31 Å². The van der Waals surface area contributed by atoms with E-state index in [4.69, 9.17) is 11.6 Å². The Kier molecular flexibility index (Phi) is 4.81. The second-order valence-corrected chi connectivity index (χ2v) is 5.90. The van der Waals surface area contributed by atoms with Gasteiger partial charge >= 0.3 is 0 Å². The number of nitrogens with zero attached hydrogens (tertiary/aromatic N) is 1. The number of nitro benzene ring substituents is 1. The van der Waals surface area contributed by atoms with E-state index in [0.717, 1.165) is 37.8 Å². The first kappa shape index (κ1) is 15.0. The molecule has 0 aliphatic heterocycles.